The smallest absolute Gasteiger partial charge is 0.246 e. The Labute approximate surface area is 142 Å². The molecule has 1 aromatic heterocycles. The van der Waals surface area contributed by atoms with Crippen LogP contribution in [0.3, 0.4) is 0 Å². The topological polar surface area (TPSA) is 58.4 Å². The molecular formula is C17H22N4O2S. The Morgan fingerprint density at radius 2 is 1.67 bits per heavy atom. The molecule has 1 aromatic carbocycles. The fraction of sp³-hybridized carbons (Fsp3) is 0.471. The monoisotopic (exact) mass is 346 g/mol. The maximum absolute atomic E-state index is 12.9. The molecule has 6 nitrogen and oxygen atoms in total. The molecule has 0 spiro atoms. The number of aryl methyl sites for hydroxylation is 1. The van der Waals surface area contributed by atoms with Crippen LogP contribution in [0.5, 0.6) is 0 Å². The van der Waals surface area contributed by atoms with Gasteiger partial charge in [0.05, 0.1) is 11.9 Å². The minimum Gasteiger partial charge on any atom is -0.371 e. The molecule has 0 aliphatic carbocycles. The van der Waals surface area contributed by atoms with Crippen LogP contribution in [0.25, 0.3) is 0 Å². The molecule has 0 saturated carbocycles. The van der Waals surface area contributed by atoms with Gasteiger partial charge < -0.3 is 4.90 Å². The highest BCUT2D eigenvalue weighted by Crippen LogP contribution is 2.36. The van der Waals surface area contributed by atoms with Gasteiger partial charge in [0, 0.05) is 38.9 Å². The van der Waals surface area contributed by atoms with E-state index in [4.69, 9.17) is 0 Å². The summed E-state index contributed by atoms with van der Waals surface area (Å²) >= 11 is 0. The third-order valence-electron chi connectivity index (χ3n) is 5.38. The first-order valence-electron chi connectivity index (χ1n) is 8.25. The number of fused-ring (bicyclic) bond motifs is 1. The first-order valence-corrected chi connectivity index (χ1v) is 9.69. The Morgan fingerprint density at radius 3 is 2.21 bits per heavy atom. The van der Waals surface area contributed by atoms with Crippen molar-refractivity contribution in [3.05, 3.63) is 42.2 Å². The van der Waals surface area contributed by atoms with E-state index in [-0.39, 0.29) is 0 Å². The van der Waals surface area contributed by atoms with Gasteiger partial charge in [0.2, 0.25) is 10.0 Å². The van der Waals surface area contributed by atoms with Gasteiger partial charge in [-0.25, -0.2) is 8.42 Å². The van der Waals surface area contributed by atoms with E-state index in [0.717, 1.165) is 13.1 Å². The van der Waals surface area contributed by atoms with Crippen molar-refractivity contribution in [1.82, 2.24) is 14.1 Å². The Balaban J connectivity index is 1.50. The van der Waals surface area contributed by atoms with Crippen molar-refractivity contribution in [2.45, 2.75) is 11.8 Å². The molecule has 2 aromatic rings. The zero-order chi connectivity index (χ0) is 16.9. The summed E-state index contributed by atoms with van der Waals surface area (Å²) in [6.45, 7) is 4.85. The number of nitrogens with zero attached hydrogens (tertiary/aromatic N) is 4. The van der Waals surface area contributed by atoms with Gasteiger partial charge in [0.25, 0.3) is 0 Å². The molecule has 3 heterocycles. The van der Waals surface area contributed by atoms with E-state index in [1.165, 1.54) is 11.9 Å². The summed E-state index contributed by atoms with van der Waals surface area (Å²) in [5.74, 6) is 0.800. The molecule has 2 aliphatic heterocycles. The van der Waals surface area contributed by atoms with E-state index in [9.17, 15) is 8.42 Å². The molecule has 2 unspecified atom stereocenters. The zero-order valence-electron chi connectivity index (χ0n) is 14.0. The Kier molecular flexibility index (Phi) is 3.65. The lowest BCUT2D eigenvalue weighted by atomic mass is 10.0. The number of anilines is 1. The van der Waals surface area contributed by atoms with E-state index < -0.39 is 10.0 Å². The van der Waals surface area contributed by atoms with Crippen LogP contribution in [0.4, 0.5) is 5.69 Å². The van der Waals surface area contributed by atoms with Gasteiger partial charge in [0.15, 0.2) is 0 Å². The lowest BCUT2D eigenvalue weighted by Crippen LogP contribution is -2.33. The quantitative estimate of drug-likeness (QED) is 0.845. The number of para-hydroxylation sites is 1. The fourth-order valence-electron chi connectivity index (χ4n) is 3.87. The highest BCUT2D eigenvalue weighted by atomic mass is 32.2. The van der Waals surface area contributed by atoms with Crippen LogP contribution in [0.2, 0.25) is 0 Å². The average Bonchev–Trinajstić information content (AvgIpc) is 3.22. The summed E-state index contributed by atoms with van der Waals surface area (Å²) in [6, 6.07) is 10.4. The molecule has 2 saturated heterocycles. The molecule has 128 valence electrons. The predicted octanol–water partition coefficient (Wildman–Crippen LogP) is 1.49. The number of sulfonamides is 1. The van der Waals surface area contributed by atoms with Gasteiger partial charge in [-0.2, -0.15) is 9.40 Å². The summed E-state index contributed by atoms with van der Waals surface area (Å²) in [4.78, 5) is 2.71. The number of hydrogen-bond donors (Lipinski definition) is 0. The standard InChI is InChI=1S/C17H22N4O2S/c1-13-17(8-18-19(13)2)24(22,23)21-11-14-9-20(10-15(14)12-21)16-6-4-3-5-7-16/h3-8,14-15H,9-12H2,1-2H3. The Morgan fingerprint density at radius 1 is 1.04 bits per heavy atom. The molecule has 0 bridgehead atoms. The van der Waals surface area contributed by atoms with Crippen LogP contribution in [-0.2, 0) is 17.1 Å². The number of benzene rings is 1. The second kappa shape index (κ2) is 5.60. The third kappa shape index (κ3) is 2.43. The van der Waals surface area contributed by atoms with E-state index in [2.05, 4.69) is 22.1 Å². The van der Waals surface area contributed by atoms with Crippen molar-refractivity contribution < 1.29 is 8.42 Å². The summed E-state index contributed by atoms with van der Waals surface area (Å²) in [7, 11) is -1.67. The van der Waals surface area contributed by atoms with Gasteiger partial charge in [-0.1, -0.05) is 18.2 Å². The SMILES string of the molecule is Cc1c(S(=O)(=O)N2CC3CN(c4ccccc4)CC3C2)cnn1C. The molecule has 0 amide bonds. The maximum Gasteiger partial charge on any atom is 0.246 e. The molecular weight excluding hydrogens is 324 g/mol. The van der Waals surface area contributed by atoms with Gasteiger partial charge >= 0.3 is 0 Å². The molecule has 7 heteroatoms. The van der Waals surface area contributed by atoms with Crippen LogP contribution < -0.4 is 4.90 Å². The average molecular weight is 346 g/mol. The van der Waals surface area contributed by atoms with Gasteiger partial charge in [-0.15, -0.1) is 0 Å². The van der Waals surface area contributed by atoms with Crippen LogP contribution in [0.1, 0.15) is 5.69 Å². The van der Waals surface area contributed by atoms with Crippen LogP contribution in [-0.4, -0.2) is 48.7 Å². The Bertz CT molecular complexity index is 833. The van der Waals surface area contributed by atoms with Crippen LogP contribution in [0.15, 0.2) is 41.4 Å². The van der Waals surface area contributed by atoms with Crippen molar-refractivity contribution in [1.29, 1.82) is 0 Å². The maximum atomic E-state index is 12.9. The van der Waals surface area contributed by atoms with E-state index in [0.29, 0.717) is 35.5 Å². The summed E-state index contributed by atoms with van der Waals surface area (Å²) < 4.78 is 29.1. The largest absolute Gasteiger partial charge is 0.371 e. The molecule has 2 aliphatic rings. The minimum absolute atomic E-state index is 0.338. The zero-order valence-corrected chi connectivity index (χ0v) is 14.8. The van der Waals surface area contributed by atoms with Crippen molar-refractivity contribution in [2.75, 3.05) is 31.1 Å². The molecule has 2 atom stereocenters. The molecule has 0 N–H and O–H groups in total. The van der Waals surface area contributed by atoms with E-state index in [1.54, 1.807) is 23.0 Å². The third-order valence-corrected chi connectivity index (χ3v) is 7.32. The van der Waals surface area contributed by atoms with Crippen molar-refractivity contribution >= 4 is 15.7 Å². The lowest BCUT2D eigenvalue weighted by molar-refractivity contribution is 0.453. The highest BCUT2D eigenvalue weighted by Gasteiger charge is 2.44. The Hall–Kier alpha value is -1.86. The van der Waals surface area contributed by atoms with Gasteiger partial charge in [0.1, 0.15) is 4.90 Å². The number of rotatable bonds is 3. The van der Waals surface area contributed by atoms with Crippen molar-refractivity contribution in [3.8, 4) is 0 Å². The summed E-state index contributed by atoms with van der Waals surface area (Å²) in [5, 5.41) is 4.08. The van der Waals surface area contributed by atoms with Gasteiger partial charge in [-0.3, -0.25) is 4.68 Å². The highest BCUT2D eigenvalue weighted by molar-refractivity contribution is 7.89. The van der Waals surface area contributed by atoms with E-state index in [1.807, 2.05) is 18.2 Å². The number of hydrogen-bond acceptors (Lipinski definition) is 4. The second-order valence-electron chi connectivity index (χ2n) is 6.80. The normalized spacial score (nSPS) is 24.5. The lowest BCUT2D eigenvalue weighted by Gasteiger charge is -2.22. The van der Waals surface area contributed by atoms with Crippen molar-refractivity contribution in [3.63, 3.8) is 0 Å². The molecule has 2 fully saturated rings. The first kappa shape index (κ1) is 15.7. The molecule has 0 radical (unpaired) electrons. The summed E-state index contributed by atoms with van der Waals surface area (Å²) in [6.07, 6.45) is 1.47. The van der Waals surface area contributed by atoms with E-state index >= 15 is 0 Å². The summed E-state index contributed by atoms with van der Waals surface area (Å²) in [5.41, 5.74) is 1.92. The molecule has 4 rings (SSSR count). The van der Waals surface area contributed by atoms with Crippen molar-refractivity contribution in [2.24, 2.45) is 18.9 Å². The minimum atomic E-state index is -3.44. The first-order chi connectivity index (χ1) is 11.5. The molecule has 24 heavy (non-hydrogen) atoms. The number of aromatic nitrogens is 2. The van der Waals surface area contributed by atoms with Crippen LogP contribution in [0, 0.1) is 18.8 Å². The van der Waals surface area contributed by atoms with Crippen LogP contribution >= 0.6 is 0 Å². The second-order valence-corrected chi connectivity index (χ2v) is 8.71. The predicted molar refractivity (Wildman–Crippen MR) is 92.3 cm³/mol. The fourth-order valence-corrected chi connectivity index (χ4v) is 5.61. The van der Waals surface area contributed by atoms with Gasteiger partial charge in [-0.05, 0) is 30.9 Å².